The maximum absolute atomic E-state index is 13.3. The van der Waals surface area contributed by atoms with Crippen molar-refractivity contribution in [1.82, 2.24) is 0 Å². The molecule has 143 heavy (non-hydrogen) atoms. The third kappa shape index (κ3) is 53.2. The van der Waals surface area contributed by atoms with Crippen LogP contribution in [-0.4, -0.2) is 159 Å². The zero-order chi connectivity index (χ0) is 115. The lowest BCUT2D eigenvalue weighted by Crippen LogP contribution is -2.64. The van der Waals surface area contributed by atoms with Gasteiger partial charge in [0.15, 0.2) is 29.5 Å². The molecule has 2 aromatic rings. The summed E-state index contributed by atoms with van der Waals surface area (Å²) in [5.41, 5.74) is -9.03. The molecule has 0 radical (unpaired) electrons. The summed E-state index contributed by atoms with van der Waals surface area (Å²) in [6.45, 7) is 66.4. The highest BCUT2D eigenvalue weighted by atomic mass is 19.4. The second kappa shape index (κ2) is 61.3. The number of ether oxygens (including phenoxy) is 6. The van der Waals surface area contributed by atoms with Gasteiger partial charge in [-0.15, -0.1) is 0 Å². The van der Waals surface area contributed by atoms with Crippen LogP contribution < -0.4 is 0 Å². The molecule has 4 N–H and O–H groups in total. The van der Waals surface area contributed by atoms with Crippen LogP contribution >= 0.6 is 0 Å². The average molecular weight is 2110 g/mol. The fourth-order valence-electron chi connectivity index (χ4n) is 11.2. The number of carboxylic acids is 1. The molecular formula is C105H175F21O17. The van der Waals surface area contributed by atoms with Crippen LogP contribution in [0, 0.1) is 63.1 Å². The molecule has 0 aliphatic heterocycles. The Labute approximate surface area is 838 Å². The highest BCUT2D eigenvalue weighted by molar-refractivity contribution is 5.78. The Balaban J connectivity index is -0.000000378. The Morgan fingerprint density at radius 1 is 0.371 bits per heavy atom. The van der Waals surface area contributed by atoms with E-state index in [1.54, 1.807) is 96.9 Å². The molecule has 38 heteroatoms. The first-order valence-corrected chi connectivity index (χ1v) is 49.1. The largest absolute Gasteiger partial charge is 0.481 e. The molecule has 1 aliphatic rings. The molecule has 1 aliphatic carbocycles. The van der Waals surface area contributed by atoms with Gasteiger partial charge in [0.2, 0.25) is 0 Å². The molecule has 0 amide bonds. The van der Waals surface area contributed by atoms with E-state index in [-0.39, 0.29) is 47.9 Å². The van der Waals surface area contributed by atoms with Crippen LogP contribution in [-0.2, 0) is 78.2 Å². The summed E-state index contributed by atoms with van der Waals surface area (Å²) in [7, 11) is 0. The van der Waals surface area contributed by atoms with Crippen molar-refractivity contribution in [3.63, 3.8) is 0 Å². The van der Waals surface area contributed by atoms with E-state index in [2.05, 4.69) is 153 Å². The normalized spacial score (nSPS) is 17.6. The molecule has 3 rings (SSSR count). The third-order valence-electron chi connectivity index (χ3n) is 26.4. The van der Waals surface area contributed by atoms with E-state index < -0.39 is 191 Å². The maximum Gasteiger partial charge on any atom is 0.426 e. The van der Waals surface area contributed by atoms with E-state index in [0.717, 1.165) is 40.0 Å². The molecule has 2 aromatic carbocycles. The van der Waals surface area contributed by atoms with Crippen molar-refractivity contribution < 1.29 is 175 Å². The molecule has 0 bridgehead atoms. The Morgan fingerprint density at radius 3 is 0.979 bits per heavy atom. The van der Waals surface area contributed by atoms with Crippen molar-refractivity contribution in [2.24, 2.45) is 63.1 Å². The number of unbranched alkanes of at least 4 members (excludes halogenated alkanes) is 1. The Morgan fingerprint density at radius 2 is 0.699 bits per heavy atom. The molecule has 0 saturated heterocycles. The van der Waals surface area contributed by atoms with Crippen molar-refractivity contribution in [2.45, 2.75) is 485 Å². The van der Waals surface area contributed by atoms with E-state index in [1.165, 1.54) is 75.1 Å². The summed E-state index contributed by atoms with van der Waals surface area (Å²) < 4.78 is 294. The van der Waals surface area contributed by atoms with Crippen molar-refractivity contribution in [2.75, 3.05) is 6.61 Å². The van der Waals surface area contributed by atoms with Gasteiger partial charge in [0.05, 0.1) is 46.0 Å². The Hall–Kier alpha value is -6.86. The molecule has 14 unspecified atom stereocenters. The van der Waals surface area contributed by atoms with Gasteiger partial charge in [0.1, 0.15) is 12.2 Å². The second-order valence-corrected chi connectivity index (χ2v) is 43.0. The first-order chi connectivity index (χ1) is 63.8. The smallest absolute Gasteiger partial charge is 0.426 e. The number of hydrogen-bond acceptors (Lipinski definition) is 16. The van der Waals surface area contributed by atoms with E-state index in [4.69, 9.17) is 19.3 Å². The van der Waals surface area contributed by atoms with Crippen LogP contribution in [0.3, 0.4) is 0 Å². The molecule has 844 valence electrons. The monoisotopic (exact) mass is 2110 g/mol. The first kappa shape index (κ1) is 147. The number of rotatable bonds is 34. The zero-order valence-electron chi connectivity index (χ0n) is 91.9. The van der Waals surface area contributed by atoms with E-state index in [9.17, 15) is 141 Å². The molecule has 1 fully saturated rings. The van der Waals surface area contributed by atoms with Crippen LogP contribution in [0.2, 0.25) is 0 Å². The van der Waals surface area contributed by atoms with Gasteiger partial charge in [-0.25, -0.2) is 0 Å². The number of carbonyl (C=O) groups excluding carboxylic acids is 6. The predicted molar refractivity (Wildman–Crippen MR) is 514 cm³/mol. The number of alkyl halides is 21. The van der Waals surface area contributed by atoms with Crippen LogP contribution in [0.25, 0.3) is 0 Å². The lowest BCUT2D eigenvalue weighted by molar-refractivity contribution is -0.391. The fourth-order valence-corrected chi connectivity index (χ4v) is 11.2. The van der Waals surface area contributed by atoms with Crippen molar-refractivity contribution in [3.05, 3.63) is 70.8 Å². The number of aliphatic carboxylic acids is 1. The highest BCUT2D eigenvalue weighted by Gasteiger charge is 2.75. The molecule has 0 heterocycles. The quantitative estimate of drug-likeness (QED) is 0.0288. The van der Waals surface area contributed by atoms with Gasteiger partial charge in [-0.1, -0.05) is 241 Å². The van der Waals surface area contributed by atoms with Crippen LogP contribution in [0.4, 0.5) is 92.2 Å². The summed E-state index contributed by atoms with van der Waals surface area (Å²) in [5, 5.41) is 37.3. The number of hydrogen-bond donors (Lipinski definition) is 4. The second-order valence-electron chi connectivity index (χ2n) is 43.0. The van der Waals surface area contributed by atoms with Gasteiger partial charge in [0, 0.05) is 18.3 Å². The molecule has 1 saturated carbocycles. The number of benzene rings is 2. The van der Waals surface area contributed by atoms with E-state index in [1.807, 2.05) is 20.8 Å². The SMILES string of the molecule is CCC(C)(C)C(=O)OC(C)C(F)(F)F.CCC(C)(C)C(=O)OC(C)C(F)(F)F.CCC(C)(C)C(=O)OC(CC(C)(O)C(F)(F)F)C(C)C.CCC(C)(C)C(=O)OC1CC(C(C)(O)C(F)(F)F)CC(C(O)(C(F)(F)F)C(F)(F)F)C1.CCC(C)(C)c1ccc(C(C)(C)C)cc1.CCC(C)C(=O)O.CCC(C)C(=O)OC(C)C(F)(F)F.CCC(C)c1ccc(C(C)(C)C)cc1.CCCCC(CC)COC(=O)C(C)CC. The van der Waals surface area contributed by atoms with Crippen molar-refractivity contribution >= 4 is 41.8 Å². The molecule has 14 atom stereocenters. The topological polar surface area (TPSA) is 256 Å². The van der Waals surface area contributed by atoms with Crippen LogP contribution in [0.5, 0.6) is 0 Å². The van der Waals surface area contributed by atoms with Gasteiger partial charge < -0.3 is 48.8 Å². The minimum atomic E-state index is -6.28. The number of esters is 6. The summed E-state index contributed by atoms with van der Waals surface area (Å²) in [4.78, 5) is 79.0. The van der Waals surface area contributed by atoms with Gasteiger partial charge >= 0.3 is 85.0 Å². The highest BCUT2D eigenvalue weighted by Crippen LogP contribution is 2.56. The third-order valence-corrected chi connectivity index (χ3v) is 26.4. The van der Waals surface area contributed by atoms with Gasteiger partial charge in [-0.05, 0) is 230 Å². The van der Waals surface area contributed by atoms with Crippen molar-refractivity contribution in [3.8, 4) is 0 Å². The van der Waals surface area contributed by atoms with Gasteiger partial charge in [-0.2, -0.15) is 92.2 Å². The van der Waals surface area contributed by atoms with Crippen molar-refractivity contribution in [1.29, 1.82) is 0 Å². The lowest BCUT2D eigenvalue weighted by Gasteiger charge is -2.47. The Kier molecular flexibility index (Phi) is 62.9. The number of carbonyl (C=O) groups is 7. The van der Waals surface area contributed by atoms with Crippen LogP contribution in [0.15, 0.2) is 48.5 Å². The average Bonchev–Trinajstić information content (AvgIpc) is 0.731. The summed E-state index contributed by atoms with van der Waals surface area (Å²) in [6, 6.07) is 18.2. The van der Waals surface area contributed by atoms with Gasteiger partial charge in [0.25, 0.3) is 5.60 Å². The molecular weight excluding hydrogens is 1930 g/mol. The zero-order valence-corrected chi connectivity index (χ0v) is 91.9. The summed E-state index contributed by atoms with van der Waals surface area (Å²) in [5.74, 6) is -9.49. The van der Waals surface area contributed by atoms with E-state index >= 15 is 0 Å². The minimum absolute atomic E-state index is 0.0348. The first-order valence-electron chi connectivity index (χ1n) is 49.1. The number of carboxylic acid groups (broad SMARTS) is 1. The predicted octanol–water partition coefficient (Wildman–Crippen LogP) is 31.1. The maximum atomic E-state index is 13.3. The number of halogens is 21. The summed E-state index contributed by atoms with van der Waals surface area (Å²) >= 11 is 0. The Bertz CT molecular complexity index is 3880. The lowest BCUT2D eigenvalue weighted by atomic mass is 9.66. The summed E-state index contributed by atoms with van der Waals surface area (Å²) in [6.07, 6.45) is -38.4. The minimum Gasteiger partial charge on any atom is -0.481 e. The van der Waals surface area contributed by atoms with E-state index in [0.29, 0.717) is 56.5 Å². The molecule has 17 nitrogen and oxygen atoms in total. The molecule has 0 spiro atoms. The van der Waals surface area contributed by atoms with Crippen LogP contribution in [0.1, 0.15) is 400 Å². The fraction of sp³-hybridized carbons (Fsp3) is 0.819. The number of aliphatic hydroxyl groups is 3. The molecule has 0 aromatic heterocycles. The van der Waals surface area contributed by atoms with Gasteiger partial charge in [-0.3, -0.25) is 33.6 Å². The standard InChI is InChI=1S/C18H25F9O4.C15H24.C14H25F3O3.C14H22.C13H26O2.2C9H15F3O2.C8H13F3O2.C5H10O2/c1-5-13(2,3)12(28)31-11-7-9(14(4,29)16(19,20)21)6-10(8-11)15(30,17(22,23)24)18(25,26)27;1-7-15(5,6)13-10-8-12(9-11-13)14(2,3)4;1-7-12(4,5)11(18)20-10(9(2)3)8-13(6,19)14(15,16)17;1-6-11(2)12-7-9-13(10-8-12)14(3,4)5;1-5-8-9-12(7-3)10-15-13(14)11(4)6-2;2*1-5-8(3,4)7(13)14-6(2)9(10,11)12;1-4-5(2)7(12)13-6(3)8(9,10)11;1-3-4(2)5(6)7/h9-11,29-30H,5-8H2,1-4H3;8-11H,7H2,1-6H3;9-10,19H,7-8H2,1-6H3;7-11H,6H2,1-5H3;11-12H,5-10H2,1-4H3;2*6H,5H2,1-4H3;5-6H,4H2,1-3H3;4H,3H2,1-2H3,(H,6,7).